The fourth-order valence-corrected chi connectivity index (χ4v) is 3.04. The topological polar surface area (TPSA) is 34.1 Å². The fourth-order valence-electron chi connectivity index (χ4n) is 2.69. The van der Waals surface area contributed by atoms with Crippen LogP contribution >= 0.6 is 23.2 Å². The molecule has 1 aliphatic rings. The molecule has 116 valence electrons. The van der Waals surface area contributed by atoms with Crippen LogP contribution in [0.25, 0.3) is 0 Å². The van der Waals surface area contributed by atoms with Gasteiger partial charge in [-0.05, 0) is 43.1 Å². The highest BCUT2D eigenvalue weighted by Crippen LogP contribution is 2.32. The van der Waals surface area contributed by atoms with Gasteiger partial charge in [0, 0.05) is 23.3 Å². The van der Waals surface area contributed by atoms with Crippen LogP contribution in [0.2, 0.25) is 10.2 Å². The number of nitrogens with one attached hydrogen (secondary N) is 1. The van der Waals surface area contributed by atoms with E-state index in [1.54, 1.807) is 6.20 Å². The van der Waals surface area contributed by atoms with E-state index in [-0.39, 0.29) is 12.2 Å². The van der Waals surface area contributed by atoms with Crippen molar-refractivity contribution in [2.45, 2.75) is 25.0 Å². The van der Waals surface area contributed by atoms with Crippen LogP contribution in [-0.4, -0.2) is 24.2 Å². The lowest BCUT2D eigenvalue weighted by Gasteiger charge is -2.29. The van der Waals surface area contributed by atoms with Crippen molar-refractivity contribution >= 4 is 23.2 Å². The molecular formula is C17H18Cl2N2O. The maximum atomic E-state index is 6.35. The van der Waals surface area contributed by atoms with E-state index in [2.05, 4.69) is 10.3 Å². The third-order valence-corrected chi connectivity index (χ3v) is 4.39. The summed E-state index contributed by atoms with van der Waals surface area (Å²) in [6.45, 7) is 1.92. The summed E-state index contributed by atoms with van der Waals surface area (Å²) >= 11 is 12.3. The van der Waals surface area contributed by atoms with Gasteiger partial charge >= 0.3 is 0 Å². The Morgan fingerprint density at radius 2 is 2.00 bits per heavy atom. The molecule has 1 unspecified atom stereocenters. The molecule has 3 rings (SSSR count). The first-order chi connectivity index (χ1) is 10.7. The lowest BCUT2D eigenvalue weighted by molar-refractivity contribution is -0.00436. The molecule has 1 aliphatic heterocycles. The normalized spacial score (nSPS) is 19.8. The first kappa shape index (κ1) is 15.8. The van der Waals surface area contributed by atoms with Crippen molar-refractivity contribution < 1.29 is 4.74 Å². The quantitative estimate of drug-likeness (QED) is 0.847. The summed E-state index contributed by atoms with van der Waals surface area (Å²) in [4.78, 5) is 4.18. The maximum absolute atomic E-state index is 6.35. The van der Waals surface area contributed by atoms with E-state index in [1.165, 1.54) is 0 Å². The Labute approximate surface area is 140 Å². The van der Waals surface area contributed by atoms with Gasteiger partial charge in [0.2, 0.25) is 0 Å². The van der Waals surface area contributed by atoms with Gasteiger partial charge in [-0.2, -0.15) is 0 Å². The van der Waals surface area contributed by atoms with Crippen LogP contribution in [0.5, 0.6) is 0 Å². The Morgan fingerprint density at radius 3 is 2.68 bits per heavy atom. The Bertz CT molecular complexity index is 612. The van der Waals surface area contributed by atoms with Crippen LogP contribution < -0.4 is 5.32 Å². The van der Waals surface area contributed by atoms with Crippen molar-refractivity contribution in [3.63, 3.8) is 0 Å². The molecule has 0 bridgehead atoms. The van der Waals surface area contributed by atoms with Gasteiger partial charge in [0.1, 0.15) is 11.3 Å². The fraction of sp³-hybridized carbons (Fsp3) is 0.353. The Kier molecular flexibility index (Phi) is 5.32. The van der Waals surface area contributed by atoms with E-state index in [4.69, 9.17) is 27.9 Å². The van der Waals surface area contributed by atoms with Crippen molar-refractivity contribution in [1.29, 1.82) is 0 Å². The zero-order valence-electron chi connectivity index (χ0n) is 12.1. The number of piperidine rings is 1. The van der Waals surface area contributed by atoms with E-state index in [1.807, 2.05) is 36.4 Å². The predicted molar refractivity (Wildman–Crippen MR) is 89.5 cm³/mol. The summed E-state index contributed by atoms with van der Waals surface area (Å²) in [5, 5.41) is 4.56. The highest BCUT2D eigenvalue weighted by molar-refractivity contribution is 6.30. The van der Waals surface area contributed by atoms with Gasteiger partial charge in [-0.25, -0.2) is 4.98 Å². The van der Waals surface area contributed by atoms with Crippen LogP contribution in [0.4, 0.5) is 0 Å². The number of aromatic nitrogens is 1. The van der Waals surface area contributed by atoms with E-state index < -0.39 is 0 Å². The molecule has 2 heterocycles. The predicted octanol–water partition coefficient (Wildman–Crippen LogP) is 4.25. The summed E-state index contributed by atoms with van der Waals surface area (Å²) < 4.78 is 6.35. The number of ether oxygens (including phenoxy) is 1. The molecule has 22 heavy (non-hydrogen) atoms. The van der Waals surface area contributed by atoms with Gasteiger partial charge in [-0.3, -0.25) is 0 Å². The first-order valence-electron chi connectivity index (χ1n) is 7.46. The molecule has 0 radical (unpaired) electrons. The molecule has 0 saturated carbocycles. The largest absolute Gasteiger partial charge is 0.364 e. The molecule has 1 aromatic carbocycles. The minimum Gasteiger partial charge on any atom is -0.364 e. The van der Waals surface area contributed by atoms with Crippen molar-refractivity contribution in [3.8, 4) is 0 Å². The number of hydrogen-bond acceptors (Lipinski definition) is 3. The molecule has 1 saturated heterocycles. The highest BCUT2D eigenvalue weighted by atomic mass is 35.5. The first-order valence-corrected chi connectivity index (χ1v) is 8.21. The summed E-state index contributed by atoms with van der Waals surface area (Å²) in [6, 6.07) is 11.5. The van der Waals surface area contributed by atoms with Gasteiger partial charge in [0.05, 0.1) is 6.10 Å². The minimum atomic E-state index is -0.233. The average molecular weight is 337 g/mol. The number of pyridine rings is 1. The van der Waals surface area contributed by atoms with Gasteiger partial charge in [-0.1, -0.05) is 41.4 Å². The minimum absolute atomic E-state index is 0.172. The van der Waals surface area contributed by atoms with E-state index in [9.17, 15) is 0 Å². The van der Waals surface area contributed by atoms with E-state index in [0.29, 0.717) is 10.2 Å². The lowest BCUT2D eigenvalue weighted by Crippen LogP contribution is -2.36. The zero-order chi connectivity index (χ0) is 15.4. The molecule has 1 fully saturated rings. The smallest absolute Gasteiger partial charge is 0.135 e. The number of rotatable bonds is 4. The second-order valence-corrected chi connectivity index (χ2v) is 6.21. The van der Waals surface area contributed by atoms with Crippen molar-refractivity contribution in [2.24, 2.45) is 0 Å². The Hall–Kier alpha value is -1.13. The van der Waals surface area contributed by atoms with Gasteiger partial charge in [0.25, 0.3) is 0 Å². The average Bonchev–Trinajstić information content (AvgIpc) is 2.55. The van der Waals surface area contributed by atoms with Crippen LogP contribution in [-0.2, 0) is 4.74 Å². The summed E-state index contributed by atoms with van der Waals surface area (Å²) in [7, 11) is 0. The van der Waals surface area contributed by atoms with Gasteiger partial charge < -0.3 is 10.1 Å². The third kappa shape index (κ3) is 3.79. The number of benzene rings is 1. The monoisotopic (exact) mass is 336 g/mol. The van der Waals surface area contributed by atoms with Crippen LogP contribution in [0.15, 0.2) is 42.6 Å². The molecule has 0 amide bonds. The molecule has 1 N–H and O–H groups in total. The SMILES string of the molecule is Clc1ccc(C(O[C@@H]2CCCNC2)c2cccnc2Cl)cc1. The van der Waals surface area contributed by atoms with Gasteiger partial charge in [0.15, 0.2) is 0 Å². The second kappa shape index (κ2) is 7.42. The van der Waals surface area contributed by atoms with Crippen molar-refractivity contribution in [2.75, 3.05) is 13.1 Å². The highest BCUT2D eigenvalue weighted by Gasteiger charge is 2.24. The molecule has 2 aromatic rings. The molecule has 0 spiro atoms. The van der Waals surface area contributed by atoms with Crippen LogP contribution in [0, 0.1) is 0 Å². The Balaban J connectivity index is 1.91. The molecule has 3 nitrogen and oxygen atoms in total. The zero-order valence-corrected chi connectivity index (χ0v) is 13.6. The van der Waals surface area contributed by atoms with Gasteiger partial charge in [-0.15, -0.1) is 0 Å². The second-order valence-electron chi connectivity index (χ2n) is 5.42. The number of halogens is 2. The molecule has 2 atom stereocenters. The van der Waals surface area contributed by atoms with E-state index >= 15 is 0 Å². The maximum Gasteiger partial charge on any atom is 0.135 e. The number of hydrogen-bond donors (Lipinski definition) is 1. The third-order valence-electron chi connectivity index (χ3n) is 3.82. The van der Waals surface area contributed by atoms with Crippen LogP contribution in [0.3, 0.4) is 0 Å². The number of nitrogens with zero attached hydrogens (tertiary/aromatic N) is 1. The van der Waals surface area contributed by atoms with E-state index in [0.717, 1.165) is 37.1 Å². The van der Waals surface area contributed by atoms with Crippen molar-refractivity contribution in [1.82, 2.24) is 10.3 Å². The molecule has 1 aromatic heterocycles. The standard InChI is InChI=1S/C17H18Cl2N2O/c18-13-7-5-12(6-8-13)16(15-4-2-10-21-17(15)19)22-14-3-1-9-20-11-14/h2,4-8,10,14,16,20H,1,3,9,11H2/t14-,16?/m1/s1. The van der Waals surface area contributed by atoms with Crippen LogP contribution in [0.1, 0.15) is 30.1 Å². The lowest BCUT2D eigenvalue weighted by atomic mass is 10.0. The summed E-state index contributed by atoms with van der Waals surface area (Å²) in [5.74, 6) is 0. The molecular weight excluding hydrogens is 319 g/mol. The Morgan fingerprint density at radius 1 is 1.18 bits per heavy atom. The summed E-state index contributed by atoms with van der Waals surface area (Å²) in [6.07, 6.45) is 3.80. The molecule has 5 heteroatoms. The van der Waals surface area contributed by atoms with Crippen molar-refractivity contribution in [3.05, 3.63) is 63.9 Å². The summed E-state index contributed by atoms with van der Waals surface area (Å²) in [5.41, 5.74) is 1.92. The molecule has 0 aliphatic carbocycles.